The molecule has 0 aromatic heterocycles. The molecule has 2 nitrogen and oxygen atoms in total. The fourth-order valence-corrected chi connectivity index (χ4v) is 3.29. The largest absolute Gasteiger partial charge is 0.449 e. The number of benzene rings is 3. The van der Waals surface area contributed by atoms with E-state index in [1.54, 1.807) is 0 Å². The second kappa shape index (κ2) is 6.14. The first kappa shape index (κ1) is 15.0. The van der Waals surface area contributed by atoms with Gasteiger partial charge in [0.2, 0.25) is 0 Å². The van der Waals surface area contributed by atoms with Crippen molar-refractivity contribution in [3.05, 3.63) is 95.6 Å². The van der Waals surface area contributed by atoms with Crippen molar-refractivity contribution in [3.63, 3.8) is 0 Å². The standard InChI is InChI=1S/C22H20O2/c1-2-16-23-22(17-10-5-3-6-11-17,18-12-7-4-8-13-18)19-14-9-15-20-21(19)24-20/h3-15H,2,16H2,1H3. The average Bonchev–Trinajstić information content (AvgIpc) is 3.44. The van der Waals surface area contributed by atoms with Crippen molar-refractivity contribution in [1.82, 2.24) is 0 Å². The number of hydrogen-bond acceptors (Lipinski definition) is 2. The van der Waals surface area contributed by atoms with Gasteiger partial charge in [-0.25, -0.2) is 0 Å². The zero-order chi connectivity index (χ0) is 16.4. The van der Waals surface area contributed by atoms with Gasteiger partial charge in [-0.2, -0.15) is 0 Å². The summed E-state index contributed by atoms with van der Waals surface area (Å²) in [6.07, 6.45) is 0.956. The van der Waals surface area contributed by atoms with Gasteiger partial charge in [0.15, 0.2) is 11.5 Å². The normalized spacial score (nSPS) is 12.4. The smallest absolute Gasteiger partial charge is 0.176 e. The zero-order valence-electron chi connectivity index (χ0n) is 13.7. The summed E-state index contributed by atoms with van der Waals surface area (Å²) in [5.74, 6) is 1.89. The van der Waals surface area contributed by atoms with Gasteiger partial charge in [0, 0.05) is 12.2 Å². The second-order valence-corrected chi connectivity index (χ2v) is 6.00. The maximum absolute atomic E-state index is 6.57. The van der Waals surface area contributed by atoms with Crippen molar-refractivity contribution in [3.8, 4) is 11.5 Å². The van der Waals surface area contributed by atoms with E-state index in [9.17, 15) is 0 Å². The highest BCUT2D eigenvalue weighted by atomic mass is 16.6. The van der Waals surface area contributed by atoms with E-state index < -0.39 is 5.60 Å². The van der Waals surface area contributed by atoms with Crippen LogP contribution < -0.4 is 4.74 Å². The molecule has 120 valence electrons. The first-order chi connectivity index (χ1) is 11.9. The topological polar surface area (TPSA) is 21.8 Å². The van der Waals surface area contributed by atoms with Gasteiger partial charge >= 0.3 is 0 Å². The number of ether oxygens (including phenoxy) is 2. The fraction of sp³-hybridized carbons (Fsp3) is 0.182. The second-order valence-electron chi connectivity index (χ2n) is 6.00. The van der Waals surface area contributed by atoms with Crippen LogP contribution in [0.2, 0.25) is 0 Å². The number of fused-ring (bicyclic) bond motifs is 1. The summed E-state index contributed by atoms with van der Waals surface area (Å²) in [6.45, 7) is 2.81. The van der Waals surface area contributed by atoms with E-state index in [0.717, 1.165) is 34.6 Å². The highest BCUT2D eigenvalue weighted by molar-refractivity contribution is 5.65. The van der Waals surface area contributed by atoms with Gasteiger partial charge in [0.25, 0.3) is 0 Å². The lowest BCUT2D eigenvalue weighted by Crippen LogP contribution is -2.33. The summed E-state index contributed by atoms with van der Waals surface area (Å²) in [6, 6.07) is 27.0. The Bertz CT molecular complexity index is 786. The molecule has 0 radical (unpaired) electrons. The average molecular weight is 316 g/mol. The van der Waals surface area contributed by atoms with Crippen molar-refractivity contribution < 1.29 is 9.47 Å². The molecule has 0 atom stereocenters. The minimum atomic E-state index is -0.652. The van der Waals surface area contributed by atoms with Crippen LogP contribution in [0.4, 0.5) is 0 Å². The molecule has 0 unspecified atom stereocenters. The Balaban J connectivity index is 1.98. The molecular formula is C22H20O2. The van der Waals surface area contributed by atoms with Crippen LogP contribution in [-0.4, -0.2) is 6.61 Å². The Morgan fingerprint density at radius 2 is 1.42 bits per heavy atom. The van der Waals surface area contributed by atoms with Crippen LogP contribution in [0.15, 0.2) is 78.9 Å². The van der Waals surface area contributed by atoms with Crippen molar-refractivity contribution in [2.45, 2.75) is 18.9 Å². The van der Waals surface area contributed by atoms with E-state index in [4.69, 9.17) is 9.47 Å². The van der Waals surface area contributed by atoms with E-state index in [0.29, 0.717) is 6.61 Å². The van der Waals surface area contributed by atoms with E-state index in [2.05, 4.69) is 61.5 Å². The molecule has 0 saturated carbocycles. The monoisotopic (exact) mass is 316 g/mol. The van der Waals surface area contributed by atoms with E-state index in [1.807, 2.05) is 24.3 Å². The summed E-state index contributed by atoms with van der Waals surface area (Å²) < 4.78 is 12.3. The van der Waals surface area contributed by atoms with Crippen LogP contribution >= 0.6 is 0 Å². The van der Waals surface area contributed by atoms with Crippen molar-refractivity contribution >= 4 is 0 Å². The minimum absolute atomic E-state index is 0.652. The Morgan fingerprint density at radius 1 is 0.792 bits per heavy atom. The Labute approximate surface area is 142 Å². The molecule has 1 heterocycles. The van der Waals surface area contributed by atoms with Gasteiger partial charge in [-0.1, -0.05) is 79.7 Å². The van der Waals surface area contributed by atoms with Gasteiger partial charge < -0.3 is 9.47 Å². The highest BCUT2D eigenvalue weighted by Gasteiger charge is 2.43. The summed E-state index contributed by atoms with van der Waals surface area (Å²) >= 11 is 0. The van der Waals surface area contributed by atoms with Crippen LogP contribution in [0.1, 0.15) is 30.0 Å². The molecular weight excluding hydrogens is 296 g/mol. The molecule has 24 heavy (non-hydrogen) atoms. The molecule has 0 aliphatic carbocycles. The molecule has 1 aliphatic heterocycles. The summed E-state index contributed by atoms with van der Waals surface area (Å²) in [7, 11) is 0. The van der Waals surface area contributed by atoms with Gasteiger partial charge in [0.1, 0.15) is 5.60 Å². The number of para-hydroxylation sites is 1. The SMILES string of the molecule is CCCOC(c1ccccc1)(c1ccccc1)c1cccc2c1O2. The van der Waals surface area contributed by atoms with Crippen LogP contribution in [-0.2, 0) is 10.3 Å². The predicted molar refractivity (Wildman–Crippen MR) is 95.5 cm³/mol. The Morgan fingerprint density at radius 3 is 2.00 bits per heavy atom. The van der Waals surface area contributed by atoms with Gasteiger partial charge in [0.05, 0.1) is 0 Å². The predicted octanol–water partition coefficient (Wildman–Crippen LogP) is 5.51. The van der Waals surface area contributed by atoms with Gasteiger partial charge in [-0.15, -0.1) is 0 Å². The van der Waals surface area contributed by atoms with Gasteiger partial charge in [-0.3, -0.25) is 0 Å². The van der Waals surface area contributed by atoms with E-state index in [-0.39, 0.29) is 0 Å². The van der Waals surface area contributed by atoms with Crippen molar-refractivity contribution in [2.24, 2.45) is 0 Å². The summed E-state index contributed by atoms with van der Waals surface area (Å²) in [5.41, 5.74) is 2.66. The van der Waals surface area contributed by atoms with Crippen molar-refractivity contribution in [2.75, 3.05) is 6.61 Å². The maximum atomic E-state index is 6.57. The third-order valence-corrected chi connectivity index (χ3v) is 4.41. The Kier molecular flexibility index (Phi) is 3.83. The molecule has 3 aromatic rings. The number of hydrogen-bond donors (Lipinski definition) is 0. The fourth-order valence-electron chi connectivity index (χ4n) is 3.29. The van der Waals surface area contributed by atoms with E-state index in [1.165, 1.54) is 0 Å². The Hall–Kier alpha value is -2.58. The van der Waals surface area contributed by atoms with Crippen molar-refractivity contribution in [1.29, 1.82) is 0 Å². The lowest BCUT2D eigenvalue weighted by Gasteiger charge is -2.35. The maximum Gasteiger partial charge on any atom is 0.176 e. The molecule has 4 rings (SSSR count). The summed E-state index contributed by atoms with van der Waals surface area (Å²) in [5, 5.41) is 0. The lowest BCUT2D eigenvalue weighted by atomic mass is 9.80. The first-order valence-corrected chi connectivity index (χ1v) is 8.42. The van der Waals surface area contributed by atoms with Crippen LogP contribution in [0.3, 0.4) is 0 Å². The molecule has 0 fully saturated rings. The summed E-state index contributed by atoms with van der Waals surface area (Å²) in [4.78, 5) is 0. The highest BCUT2D eigenvalue weighted by Crippen LogP contribution is 2.55. The molecule has 1 aliphatic rings. The molecule has 3 aromatic carbocycles. The first-order valence-electron chi connectivity index (χ1n) is 8.42. The minimum Gasteiger partial charge on any atom is -0.449 e. The molecule has 2 heteroatoms. The van der Waals surface area contributed by atoms with Crippen LogP contribution in [0.25, 0.3) is 0 Å². The third-order valence-electron chi connectivity index (χ3n) is 4.41. The molecule has 0 bridgehead atoms. The quantitative estimate of drug-likeness (QED) is 0.345. The van der Waals surface area contributed by atoms with Crippen LogP contribution in [0, 0.1) is 0 Å². The third kappa shape index (κ3) is 2.40. The lowest BCUT2D eigenvalue weighted by molar-refractivity contribution is 0.0131. The van der Waals surface area contributed by atoms with Crippen LogP contribution in [0.5, 0.6) is 11.5 Å². The van der Waals surface area contributed by atoms with Gasteiger partial charge in [-0.05, 0) is 23.6 Å². The van der Waals surface area contributed by atoms with E-state index >= 15 is 0 Å². The number of rotatable bonds is 6. The molecule has 0 amide bonds. The molecule has 0 spiro atoms. The molecule has 0 saturated heterocycles. The zero-order valence-corrected chi connectivity index (χ0v) is 13.7. The molecule has 0 N–H and O–H groups in total.